The van der Waals surface area contributed by atoms with E-state index in [9.17, 15) is 19.2 Å². The van der Waals surface area contributed by atoms with Crippen LogP contribution in [-0.2, 0) is 30.4 Å². The maximum Gasteiger partial charge on any atom is 0.337 e. The largest absolute Gasteiger partial charge is 0.465 e. The van der Waals surface area contributed by atoms with E-state index in [0.29, 0.717) is 40.1 Å². The lowest BCUT2D eigenvalue weighted by molar-refractivity contribution is -0.127. The van der Waals surface area contributed by atoms with Crippen molar-refractivity contribution >= 4 is 46.1 Å². The van der Waals surface area contributed by atoms with Gasteiger partial charge in [0.2, 0.25) is 17.7 Å². The molecule has 43 heavy (non-hydrogen) atoms. The van der Waals surface area contributed by atoms with Crippen molar-refractivity contribution in [1.29, 1.82) is 0 Å². The van der Waals surface area contributed by atoms with Gasteiger partial charge in [-0.3, -0.25) is 19.3 Å². The van der Waals surface area contributed by atoms with E-state index in [1.165, 1.54) is 23.6 Å². The Morgan fingerprint density at radius 3 is 2.47 bits per heavy atom. The van der Waals surface area contributed by atoms with Gasteiger partial charge in [-0.1, -0.05) is 29.5 Å². The fourth-order valence-corrected chi connectivity index (χ4v) is 5.04. The molecule has 0 radical (unpaired) electrons. The molecule has 1 aliphatic rings. The van der Waals surface area contributed by atoms with Crippen molar-refractivity contribution < 1.29 is 28.7 Å². The van der Waals surface area contributed by atoms with Gasteiger partial charge in [0.25, 0.3) is 0 Å². The summed E-state index contributed by atoms with van der Waals surface area (Å²) in [6.07, 6.45) is 1.62. The summed E-state index contributed by atoms with van der Waals surface area (Å²) in [6, 6.07) is 19.1. The van der Waals surface area contributed by atoms with Crippen LogP contribution in [0.3, 0.4) is 0 Å². The number of fused-ring (bicyclic) bond motifs is 1. The van der Waals surface area contributed by atoms with Crippen LogP contribution in [0.5, 0.6) is 0 Å². The van der Waals surface area contributed by atoms with Gasteiger partial charge in [0, 0.05) is 31.5 Å². The van der Waals surface area contributed by atoms with Crippen molar-refractivity contribution in [3.8, 4) is 0 Å². The zero-order valence-electron chi connectivity index (χ0n) is 23.9. The molecule has 2 heterocycles. The molecular weight excluding hydrogens is 552 g/mol. The summed E-state index contributed by atoms with van der Waals surface area (Å²) >= 11 is 0. The lowest BCUT2D eigenvalue weighted by Gasteiger charge is -2.32. The average Bonchev–Trinajstić information content (AvgIpc) is 3.69. The first kappa shape index (κ1) is 29.4. The molecule has 3 aromatic carbocycles. The first-order chi connectivity index (χ1) is 20.8. The first-order valence-corrected chi connectivity index (χ1v) is 13.9. The highest BCUT2D eigenvalue weighted by Crippen LogP contribution is 2.30. The summed E-state index contributed by atoms with van der Waals surface area (Å²) in [4.78, 5) is 53.3. The third kappa shape index (κ3) is 6.87. The second-order valence-electron chi connectivity index (χ2n) is 10.1. The Bertz CT molecular complexity index is 1610. The van der Waals surface area contributed by atoms with Gasteiger partial charge in [0.1, 0.15) is 18.1 Å². The molecule has 4 aromatic rings. The van der Waals surface area contributed by atoms with E-state index in [2.05, 4.69) is 20.9 Å². The highest BCUT2D eigenvalue weighted by Gasteiger charge is 2.34. The van der Waals surface area contributed by atoms with Gasteiger partial charge in [-0.25, -0.2) is 9.48 Å². The Kier molecular flexibility index (Phi) is 9.06. The Morgan fingerprint density at radius 1 is 1.05 bits per heavy atom. The van der Waals surface area contributed by atoms with Gasteiger partial charge >= 0.3 is 5.97 Å². The normalized spacial score (nSPS) is 15.1. The third-order valence-electron chi connectivity index (χ3n) is 7.12. The maximum atomic E-state index is 14.2. The number of anilines is 2. The van der Waals surface area contributed by atoms with Gasteiger partial charge in [-0.05, 0) is 66.9 Å². The van der Waals surface area contributed by atoms with E-state index in [4.69, 9.17) is 9.47 Å². The van der Waals surface area contributed by atoms with Crippen molar-refractivity contribution in [2.24, 2.45) is 0 Å². The number of methoxy groups -OCH3 is 1. The number of hydrogen-bond donors (Lipinski definition) is 2. The molecule has 0 bridgehead atoms. The van der Waals surface area contributed by atoms with E-state index >= 15 is 0 Å². The van der Waals surface area contributed by atoms with E-state index in [1.54, 1.807) is 54.6 Å². The summed E-state index contributed by atoms with van der Waals surface area (Å²) in [5.41, 5.74) is 3.02. The first-order valence-electron chi connectivity index (χ1n) is 13.9. The van der Waals surface area contributed by atoms with Crippen molar-refractivity contribution in [3.63, 3.8) is 0 Å². The molecule has 0 saturated carbocycles. The van der Waals surface area contributed by atoms with Gasteiger partial charge in [0.05, 0.1) is 24.3 Å². The van der Waals surface area contributed by atoms with Crippen LogP contribution in [0.4, 0.5) is 11.4 Å². The number of ether oxygens (including phenoxy) is 2. The zero-order chi connectivity index (χ0) is 30.3. The van der Waals surface area contributed by atoms with Crippen LogP contribution >= 0.6 is 0 Å². The summed E-state index contributed by atoms with van der Waals surface area (Å²) in [5, 5.41) is 14.0. The fourth-order valence-electron chi connectivity index (χ4n) is 5.04. The van der Waals surface area contributed by atoms with Gasteiger partial charge in [-0.2, -0.15) is 0 Å². The Hall–Kier alpha value is -5.10. The third-order valence-corrected chi connectivity index (χ3v) is 7.12. The van der Waals surface area contributed by atoms with Crippen molar-refractivity contribution in [1.82, 2.24) is 20.3 Å². The van der Waals surface area contributed by atoms with Gasteiger partial charge < -0.3 is 20.1 Å². The molecular formula is C31H32N6O6. The average molecular weight is 585 g/mol. The van der Waals surface area contributed by atoms with Crippen LogP contribution in [0, 0.1) is 0 Å². The van der Waals surface area contributed by atoms with Crippen molar-refractivity contribution in [2.45, 2.75) is 38.5 Å². The minimum Gasteiger partial charge on any atom is -0.465 e. The number of rotatable bonds is 10. The fraction of sp³-hybridized carbons (Fsp3) is 0.290. The Balaban J connectivity index is 1.55. The quantitative estimate of drug-likeness (QED) is 0.270. The molecule has 12 nitrogen and oxygen atoms in total. The standard InChI is InChI=1S/C31H32N6O6/c1-20(38)33-23-13-15-24(16-14-23)37(28(39)19-36-27-8-4-3-7-26(27)34-35-36)29(30(40)32-18-25-6-5-17-43-25)21-9-11-22(12-10-21)31(41)42-2/h3-4,7-16,25,29H,5-6,17-19H2,1-2H3,(H,32,40)(H,33,38)/t25-,29+/m0/s1. The molecule has 1 aromatic heterocycles. The van der Waals surface area contributed by atoms with Crippen molar-refractivity contribution in [2.75, 3.05) is 30.5 Å². The number of benzene rings is 3. The molecule has 0 aliphatic carbocycles. The van der Waals surface area contributed by atoms with E-state index in [-0.39, 0.29) is 25.1 Å². The highest BCUT2D eigenvalue weighted by molar-refractivity contribution is 6.02. The SMILES string of the molecule is COC(=O)c1ccc([C@H](C(=O)NC[C@@H]2CCCO2)N(C(=O)Cn2nnc3ccccc32)c2ccc(NC(C)=O)cc2)cc1. The van der Waals surface area contributed by atoms with E-state index < -0.39 is 23.8 Å². The number of para-hydroxylation sites is 1. The molecule has 2 N–H and O–H groups in total. The monoisotopic (exact) mass is 584 g/mol. The second kappa shape index (κ2) is 13.3. The molecule has 1 aliphatic heterocycles. The van der Waals surface area contributed by atoms with Gasteiger partial charge in [-0.15, -0.1) is 5.10 Å². The van der Waals surface area contributed by atoms with Crippen LogP contribution in [0.15, 0.2) is 72.8 Å². The predicted molar refractivity (Wildman–Crippen MR) is 158 cm³/mol. The van der Waals surface area contributed by atoms with Crippen molar-refractivity contribution in [3.05, 3.63) is 83.9 Å². The summed E-state index contributed by atoms with van der Waals surface area (Å²) in [5.74, 6) is -1.62. The number of carbonyl (C=O) groups is 4. The number of nitrogens with one attached hydrogen (secondary N) is 2. The lowest BCUT2D eigenvalue weighted by Crippen LogP contribution is -2.46. The molecule has 0 spiro atoms. The summed E-state index contributed by atoms with van der Waals surface area (Å²) < 4.78 is 12.0. The molecule has 0 unspecified atom stereocenters. The number of hydrogen-bond acceptors (Lipinski definition) is 8. The molecule has 2 atom stereocenters. The maximum absolute atomic E-state index is 14.2. The molecule has 222 valence electrons. The number of esters is 1. The van der Waals surface area contributed by atoms with Crippen LogP contribution in [-0.4, -0.2) is 65.1 Å². The highest BCUT2D eigenvalue weighted by atomic mass is 16.5. The summed E-state index contributed by atoms with van der Waals surface area (Å²) in [6.45, 7) is 2.12. The van der Waals surface area contributed by atoms with Gasteiger partial charge in [0.15, 0.2) is 0 Å². The smallest absolute Gasteiger partial charge is 0.337 e. The molecule has 3 amide bonds. The van der Waals surface area contributed by atoms with Crippen LogP contribution in [0.25, 0.3) is 11.0 Å². The number of nitrogens with zero attached hydrogens (tertiary/aromatic N) is 4. The van der Waals surface area contributed by atoms with E-state index in [0.717, 1.165) is 12.8 Å². The number of amides is 3. The summed E-state index contributed by atoms with van der Waals surface area (Å²) in [7, 11) is 1.29. The predicted octanol–water partition coefficient (Wildman–Crippen LogP) is 3.25. The minimum absolute atomic E-state index is 0.117. The zero-order valence-corrected chi connectivity index (χ0v) is 23.9. The Labute approximate surface area is 247 Å². The van der Waals surface area contributed by atoms with Crippen LogP contribution in [0.2, 0.25) is 0 Å². The lowest BCUT2D eigenvalue weighted by atomic mass is 10.0. The topological polar surface area (TPSA) is 145 Å². The minimum atomic E-state index is -1.12. The van der Waals surface area contributed by atoms with E-state index in [1.807, 2.05) is 18.2 Å². The number of aromatic nitrogens is 3. The molecule has 5 rings (SSSR count). The second-order valence-corrected chi connectivity index (χ2v) is 10.1. The van der Waals surface area contributed by atoms with Crippen LogP contribution in [0.1, 0.15) is 41.7 Å². The van der Waals surface area contributed by atoms with Crippen LogP contribution < -0.4 is 15.5 Å². The Morgan fingerprint density at radius 2 is 1.79 bits per heavy atom. The molecule has 1 saturated heterocycles. The molecule has 12 heteroatoms. The molecule has 1 fully saturated rings. The number of carbonyl (C=O) groups excluding carboxylic acids is 4.